The summed E-state index contributed by atoms with van der Waals surface area (Å²) in [4.78, 5) is 48.6. The summed E-state index contributed by atoms with van der Waals surface area (Å²) in [7, 11) is 1.53. The molecule has 0 spiro atoms. The van der Waals surface area contributed by atoms with E-state index in [4.69, 9.17) is 4.74 Å². The second-order valence-electron chi connectivity index (χ2n) is 5.97. The maximum Gasteiger partial charge on any atom is 0.331 e. The van der Waals surface area contributed by atoms with Crippen molar-refractivity contribution in [2.24, 2.45) is 0 Å². The summed E-state index contributed by atoms with van der Waals surface area (Å²) in [6.45, 7) is -0.0249. The molecular formula is C20H15N2O6-. The molecule has 2 aromatic rings. The number of urea groups is 1. The van der Waals surface area contributed by atoms with Crippen molar-refractivity contribution in [3.8, 4) is 5.75 Å². The Morgan fingerprint density at radius 2 is 1.71 bits per heavy atom. The molecule has 1 N–H and O–H groups in total. The Labute approximate surface area is 160 Å². The van der Waals surface area contributed by atoms with Crippen molar-refractivity contribution in [1.29, 1.82) is 0 Å². The van der Waals surface area contributed by atoms with Crippen LogP contribution in [0.25, 0.3) is 6.08 Å². The fourth-order valence-corrected chi connectivity index (χ4v) is 2.63. The molecule has 0 saturated carbocycles. The maximum atomic E-state index is 12.7. The van der Waals surface area contributed by atoms with Crippen molar-refractivity contribution in [2.45, 2.75) is 6.54 Å². The number of amides is 4. The van der Waals surface area contributed by atoms with Gasteiger partial charge in [-0.2, -0.15) is 0 Å². The highest BCUT2D eigenvalue weighted by Gasteiger charge is 2.35. The molecule has 0 radical (unpaired) electrons. The fourth-order valence-electron chi connectivity index (χ4n) is 2.63. The summed E-state index contributed by atoms with van der Waals surface area (Å²) >= 11 is 0. The van der Waals surface area contributed by atoms with Crippen LogP contribution in [0.2, 0.25) is 0 Å². The molecule has 4 amide bonds. The third-order valence-corrected chi connectivity index (χ3v) is 4.14. The number of carbonyl (C=O) groups is 4. The van der Waals surface area contributed by atoms with Crippen LogP contribution < -0.4 is 15.2 Å². The van der Waals surface area contributed by atoms with Crippen LogP contribution in [0.1, 0.15) is 21.5 Å². The molecule has 1 heterocycles. The van der Waals surface area contributed by atoms with E-state index in [-0.39, 0.29) is 17.7 Å². The third kappa shape index (κ3) is 3.90. The van der Waals surface area contributed by atoms with Crippen LogP contribution in [0.4, 0.5) is 4.79 Å². The number of nitrogens with one attached hydrogen (secondary N) is 1. The number of carbonyl (C=O) groups excluding carboxylic acids is 4. The predicted molar refractivity (Wildman–Crippen MR) is 95.8 cm³/mol. The van der Waals surface area contributed by atoms with Gasteiger partial charge in [-0.15, -0.1) is 0 Å². The van der Waals surface area contributed by atoms with Gasteiger partial charge in [0.15, 0.2) is 0 Å². The van der Waals surface area contributed by atoms with Crippen molar-refractivity contribution in [2.75, 3.05) is 7.11 Å². The van der Waals surface area contributed by atoms with E-state index in [9.17, 15) is 24.3 Å². The van der Waals surface area contributed by atoms with E-state index in [1.165, 1.54) is 37.5 Å². The number of benzene rings is 2. The SMILES string of the molecule is COc1ccc(CN2C(=O)NC(=O)/C(=C\c3ccc(C(=O)[O-])cc3)C2=O)cc1. The van der Waals surface area contributed by atoms with Crippen molar-refractivity contribution in [3.63, 3.8) is 0 Å². The van der Waals surface area contributed by atoms with Crippen LogP contribution >= 0.6 is 0 Å². The topological polar surface area (TPSA) is 116 Å². The second-order valence-corrected chi connectivity index (χ2v) is 5.97. The summed E-state index contributed by atoms with van der Waals surface area (Å²) < 4.78 is 5.07. The molecule has 1 aliphatic rings. The average molecular weight is 379 g/mol. The Hall–Kier alpha value is -3.94. The van der Waals surface area contributed by atoms with Gasteiger partial charge < -0.3 is 14.6 Å². The molecule has 1 saturated heterocycles. The second kappa shape index (κ2) is 7.75. The van der Waals surface area contributed by atoms with Crippen molar-refractivity contribution < 1.29 is 29.0 Å². The lowest BCUT2D eigenvalue weighted by Crippen LogP contribution is -2.53. The highest BCUT2D eigenvalue weighted by atomic mass is 16.5. The number of aromatic carboxylic acids is 1. The zero-order valence-electron chi connectivity index (χ0n) is 14.8. The molecule has 0 aliphatic carbocycles. The Morgan fingerprint density at radius 3 is 2.29 bits per heavy atom. The standard InChI is InChI=1S/C20H16N2O6/c1-28-15-8-4-13(5-9-15)11-22-18(24)16(17(23)21-20(22)27)10-12-2-6-14(7-3-12)19(25)26/h2-10H,11H2,1H3,(H,25,26)(H,21,23,27)/p-1/b16-10+. The highest BCUT2D eigenvalue weighted by Crippen LogP contribution is 2.19. The van der Waals surface area contributed by atoms with Gasteiger partial charge in [0.1, 0.15) is 11.3 Å². The number of methoxy groups -OCH3 is 1. The predicted octanol–water partition coefficient (Wildman–Crippen LogP) is 0.721. The molecule has 142 valence electrons. The first-order chi connectivity index (χ1) is 13.4. The first-order valence-electron chi connectivity index (χ1n) is 8.22. The van der Waals surface area contributed by atoms with Gasteiger partial charge in [0.2, 0.25) is 0 Å². The van der Waals surface area contributed by atoms with E-state index < -0.39 is 23.8 Å². The zero-order chi connectivity index (χ0) is 20.3. The number of hydrogen-bond acceptors (Lipinski definition) is 6. The number of ether oxygens (including phenoxy) is 1. The Kier molecular flexibility index (Phi) is 5.21. The smallest absolute Gasteiger partial charge is 0.331 e. The van der Waals surface area contributed by atoms with E-state index >= 15 is 0 Å². The van der Waals surface area contributed by atoms with Gasteiger partial charge in [0.05, 0.1) is 19.6 Å². The van der Waals surface area contributed by atoms with Crippen LogP contribution in [0.15, 0.2) is 54.1 Å². The molecule has 0 unspecified atom stereocenters. The summed E-state index contributed by atoms with van der Waals surface area (Å²) in [5.74, 6) is -2.26. The number of carboxylic acid groups (broad SMARTS) is 1. The quantitative estimate of drug-likeness (QED) is 0.605. The molecule has 0 bridgehead atoms. The molecule has 2 aromatic carbocycles. The highest BCUT2D eigenvalue weighted by molar-refractivity contribution is 6.30. The van der Waals surface area contributed by atoms with Gasteiger partial charge in [-0.3, -0.25) is 19.8 Å². The molecule has 0 atom stereocenters. The van der Waals surface area contributed by atoms with E-state index in [0.29, 0.717) is 16.9 Å². The molecule has 8 nitrogen and oxygen atoms in total. The number of nitrogens with zero attached hydrogens (tertiary/aromatic N) is 1. The van der Waals surface area contributed by atoms with Gasteiger partial charge in [0.25, 0.3) is 11.8 Å². The molecule has 3 rings (SSSR count). The lowest BCUT2D eigenvalue weighted by molar-refractivity contribution is -0.255. The molecule has 1 aliphatic heterocycles. The first-order valence-corrected chi connectivity index (χ1v) is 8.22. The number of rotatable bonds is 5. The van der Waals surface area contributed by atoms with Gasteiger partial charge in [-0.1, -0.05) is 36.4 Å². The van der Waals surface area contributed by atoms with Crippen LogP contribution in [-0.2, 0) is 16.1 Å². The summed E-state index contributed by atoms with van der Waals surface area (Å²) in [5, 5.41) is 12.9. The van der Waals surface area contributed by atoms with Crippen LogP contribution in [0.3, 0.4) is 0 Å². The van der Waals surface area contributed by atoms with Crippen LogP contribution in [-0.4, -0.2) is 35.8 Å². The van der Waals surface area contributed by atoms with E-state index in [2.05, 4.69) is 5.32 Å². The lowest BCUT2D eigenvalue weighted by atomic mass is 10.1. The molecule has 28 heavy (non-hydrogen) atoms. The largest absolute Gasteiger partial charge is 0.545 e. The zero-order valence-corrected chi connectivity index (χ0v) is 14.8. The van der Waals surface area contributed by atoms with Gasteiger partial charge in [-0.05, 0) is 34.9 Å². The van der Waals surface area contributed by atoms with E-state index in [1.807, 2.05) is 0 Å². The maximum absolute atomic E-state index is 12.7. The normalized spacial score (nSPS) is 15.5. The van der Waals surface area contributed by atoms with Gasteiger partial charge in [-0.25, -0.2) is 4.79 Å². The number of hydrogen-bond donors (Lipinski definition) is 1. The Balaban J connectivity index is 1.85. The van der Waals surface area contributed by atoms with Crippen LogP contribution in [0.5, 0.6) is 5.75 Å². The lowest BCUT2D eigenvalue weighted by Gasteiger charge is -2.26. The first kappa shape index (κ1) is 18.8. The number of imide groups is 2. The average Bonchev–Trinajstić information content (AvgIpc) is 2.69. The van der Waals surface area contributed by atoms with Crippen molar-refractivity contribution >= 4 is 29.9 Å². The van der Waals surface area contributed by atoms with Crippen LogP contribution in [0, 0.1) is 0 Å². The van der Waals surface area contributed by atoms with Crippen molar-refractivity contribution in [1.82, 2.24) is 10.2 Å². The van der Waals surface area contributed by atoms with Crippen molar-refractivity contribution in [3.05, 3.63) is 70.8 Å². The third-order valence-electron chi connectivity index (χ3n) is 4.14. The summed E-state index contributed by atoms with van der Waals surface area (Å²) in [6.07, 6.45) is 1.30. The molecule has 0 aromatic heterocycles. The fraction of sp³-hybridized carbons (Fsp3) is 0.100. The Bertz CT molecular complexity index is 977. The number of carboxylic acids is 1. The van der Waals surface area contributed by atoms with Gasteiger partial charge in [0, 0.05) is 0 Å². The minimum absolute atomic E-state index is 0.0249. The molecule has 8 heteroatoms. The van der Waals surface area contributed by atoms with E-state index in [1.54, 1.807) is 24.3 Å². The summed E-state index contributed by atoms with van der Waals surface area (Å²) in [6, 6.07) is 11.5. The number of barbiturate groups is 1. The minimum Gasteiger partial charge on any atom is -0.545 e. The Morgan fingerprint density at radius 1 is 1.07 bits per heavy atom. The van der Waals surface area contributed by atoms with E-state index in [0.717, 1.165) is 4.90 Å². The molecule has 1 fully saturated rings. The van der Waals surface area contributed by atoms with Gasteiger partial charge >= 0.3 is 6.03 Å². The summed E-state index contributed by atoms with van der Waals surface area (Å²) in [5.41, 5.74) is 0.853. The minimum atomic E-state index is -1.33. The molecular weight excluding hydrogens is 364 g/mol. The monoisotopic (exact) mass is 379 g/mol.